The van der Waals surface area contributed by atoms with E-state index in [1.165, 1.54) is 62.8 Å². The van der Waals surface area contributed by atoms with Gasteiger partial charge in [-0.2, -0.15) is 0 Å². The summed E-state index contributed by atoms with van der Waals surface area (Å²) in [5.41, 5.74) is 1.35. The lowest BCUT2D eigenvalue weighted by molar-refractivity contribution is 0.0492. The molecule has 2 atom stereocenters. The standard InChI is InChI=1S/C18H30N2O/c1-2-10-19-13-16-9-12-21-18(16)14-20-11-5-7-15-6-3-4-8-17(15)20/h9,12,15,17,19H,2-8,10-11,13-14H2,1H3. The maximum atomic E-state index is 5.80. The summed E-state index contributed by atoms with van der Waals surface area (Å²) in [5, 5.41) is 3.49. The molecule has 0 aromatic carbocycles. The number of nitrogens with one attached hydrogen (secondary N) is 1. The molecule has 3 nitrogen and oxygen atoms in total. The highest BCUT2D eigenvalue weighted by molar-refractivity contribution is 5.17. The first-order valence-electron chi connectivity index (χ1n) is 8.88. The molecule has 1 aromatic heterocycles. The highest BCUT2D eigenvalue weighted by Gasteiger charge is 2.33. The summed E-state index contributed by atoms with van der Waals surface area (Å²) < 4.78 is 5.80. The number of fused-ring (bicyclic) bond motifs is 1. The molecule has 2 heterocycles. The molecule has 2 aliphatic rings. The molecule has 3 heteroatoms. The van der Waals surface area contributed by atoms with E-state index in [0.717, 1.165) is 31.6 Å². The molecule has 1 aliphatic heterocycles. The summed E-state index contributed by atoms with van der Waals surface area (Å²) in [6.07, 6.45) is 11.6. The maximum Gasteiger partial charge on any atom is 0.122 e. The molecular weight excluding hydrogens is 260 g/mol. The SMILES string of the molecule is CCCNCc1ccoc1CN1CCCC2CCCCC21. The predicted octanol–water partition coefficient (Wildman–Crippen LogP) is 3.93. The first kappa shape index (κ1) is 15.1. The first-order valence-corrected chi connectivity index (χ1v) is 8.88. The highest BCUT2D eigenvalue weighted by atomic mass is 16.3. The zero-order valence-electron chi connectivity index (χ0n) is 13.4. The molecule has 0 bridgehead atoms. The third kappa shape index (κ3) is 3.70. The van der Waals surface area contributed by atoms with Crippen LogP contribution in [0.4, 0.5) is 0 Å². The Morgan fingerprint density at radius 3 is 3.00 bits per heavy atom. The minimum Gasteiger partial charge on any atom is -0.468 e. The van der Waals surface area contributed by atoms with Crippen LogP contribution in [0.3, 0.4) is 0 Å². The second kappa shape index (κ2) is 7.46. The lowest BCUT2D eigenvalue weighted by atomic mass is 9.78. The molecule has 3 rings (SSSR count). The van der Waals surface area contributed by atoms with Gasteiger partial charge in [0.2, 0.25) is 0 Å². The van der Waals surface area contributed by atoms with Gasteiger partial charge in [-0.15, -0.1) is 0 Å². The third-order valence-corrected chi connectivity index (χ3v) is 5.28. The second-order valence-electron chi connectivity index (χ2n) is 6.77. The second-order valence-corrected chi connectivity index (χ2v) is 6.77. The van der Waals surface area contributed by atoms with Gasteiger partial charge in [0.05, 0.1) is 12.8 Å². The number of furan rings is 1. The zero-order valence-corrected chi connectivity index (χ0v) is 13.4. The summed E-state index contributed by atoms with van der Waals surface area (Å²) in [6.45, 7) is 6.50. The van der Waals surface area contributed by atoms with Crippen molar-refractivity contribution in [3.05, 3.63) is 23.7 Å². The van der Waals surface area contributed by atoms with E-state index in [-0.39, 0.29) is 0 Å². The minimum absolute atomic E-state index is 0.814. The highest BCUT2D eigenvalue weighted by Crippen LogP contribution is 2.36. The predicted molar refractivity (Wildman–Crippen MR) is 86.1 cm³/mol. The molecular formula is C18H30N2O. The normalized spacial score (nSPS) is 26.7. The van der Waals surface area contributed by atoms with E-state index in [0.29, 0.717) is 0 Å². The van der Waals surface area contributed by atoms with Gasteiger partial charge in [-0.3, -0.25) is 4.90 Å². The lowest BCUT2D eigenvalue weighted by Crippen LogP contribution is -2.46. The van der Waals surface area contributed by atoms with E-state index in [2.05, 4.69) is 23.2 Å². The van der Waals surface area contributed by atoms with Crippen molar-refractivity contribution in [2.75, 3.05) is 13.1 Å². The Morgan fingerprint density at radius 1 is 1.24 bits per heavy atom. The summed E-state index contributed by atoms with van der Waals surface area (Å²) in [5.74, 6) is 2.13. The number of piperidine rings is 1. The average Bonchev–Trinajstić information content (AvgIpc) is 2.95. The molecule has 1 aromatic rings. The van der Waals surface area contributed by atoms with Crippen molar-refractivity contribution in [3.63, 3.8) is 0 Å². The van der Waals surface area contributed by atoms with Crippen LogP contribution < -0.4 is 5.32 Å². The molecule has 0 spiro atoms. The van der Waals surface area contributed by atoms with E-state index in [1.807, 2.05) is 6.26 Å². The lowest BCUT2D eigenvalue weighted by Gasteiger charge is -2.44. The Bertz CT molecular complexity index is 427. The van der Waals surface area contributed by atoms with Gasteiger partial charge in [0, 0.05) is 18.2 Å². The topological polar surface area (TPSA) is 28.4 Å². The largest absolute Gasteiger partial charge is 0.468 e. The van der Waals surface area contributed by atoms with Gasteiger partial charge in [0.15, 0.2) is 0 Å². The number of hydrogen-bond donors (Lipinski definition) is 1. The molecule has 21 heavy (non-hydrogen) atoms. The van der Waals surface area contributed by atoms with Gasteiger partial charge in [0.25, 0.3) is 0 Å². The van der Waals surface area contributed by atoms with Crippen molar-refractivity contribution >= 4 is 0 Å². The van der Waals surface area contributed by atoms with E-state index in [1.54, 1.807) is 0 Å². The molecule has 2 fully saturated rings. The minimum atomic E-state index is 0.814. The van der Waals surface area contributed by atoms with Crippen LogP contribution >= 0.6 is 0 Å². The van der Waals surface area contributed by atoms with Crippen LogP contribution in [0, 0.1) is 5.92 Å². The number of nitrogens with zero attached hydrogens (tertiary/aromatic N) is 1. The first-order chi connectivity index (χ1) is 10.4. The summed E-state index contributed by atoms with van der Waals surface area (Å²) in [7, 11) is 0. The number of likely N-dealkylation sites (tertiary alicyclic amines) is 1. The molecule has 0 amide bonds. The molecule has 1 N–H and O–H groups in total. The fourth-order valence-electron chi connectivity index (χ4n) is 4.17. The summed E-state index contributed by atoms with van der Waals surface area (Å²) in [4.78, 5) is 2.70. The van der Waals surface area contributed by atoms with Crippen LogP contribution in [0.5, 0.6) is 0 Å². The molecule has 118 valence electrons. The van der Waals surface area contributed by atoms with Crippen LogP contribution in [0.25, 0.3) is 0 Å². The Morgan fingerprint density at radius 2 is 2.10 bits per heavy atom. The molecule has 0 radical (unpaired) electrons. The van der Waals surface area contributed by atoms with Crippen molar-refractivity contribution < 1.29 is 4.42 Å². The van der Waals surface area contributed by atoms with Gasteiger partial charge in [0.1, 0.15) is 5.76 Å². The molecule has 2 unspecified atom stereocenters. The van der Waals surface area contributed by atoms with Gasteiger partial charge in [-0.25, -0.2) is 0 Å². The third-order valence-electron chi connectivity index (χ3n) is 5.28. The van der Waals surface area contributed by atoms with E-state index >= 15 is 0 Å². The van der Waals surface area contributed by atoms with Crippen LogP contribution in [-0.2, 0) is 13.1 Å². The Balaban J connectivity index is 1.61. The van der Waals surface area contributed by atoms with Crippen molar-refractivity contribution in [3.8, 4) is 0 Å². The maximum absolute atomic E-state index is 5.80. The Labute approximate surface area is 129 Å². The van der Waals surface area contributed by atoms with Gasteiger partial charge in [-0.05, 0) is 57.2 Å². The van der Waals surface area contributed by atoms with Gasteiger partial charge >= 0.3 is 0 Å². The van der Waals surface area contributed by atoms with Gasteiger partial charge < -0.3 is 9.73 Å². The Kier molecular flexibility index (Phi) is 5.37. The summed E-state index contributed by atoms with van der Waals surface area (Å²) >= 11 is 0. The summed E-state index contributed by atoms with van der Waals surface area (Å²) in [6, 6.07) is 2.95. The molecule has 1 saturated heterocycles. The van der Waals surface area contributed by atoms with Crippen molar-refractivity contribution in [2.24, 2.45) is 5.92 Å². The smallest absolute Gasteiger partial charge is 0.122 e. The van der Waals surface area contributed by atoms with Crippen LogP contribution in [0.1, 0.15) is 63.2 Å². The fraction of sp³-hybridized carbons (Fsp3) is 0.778. The van der Waals surface area contributed by atoms with Crippen LogP contribution in [-0.4, -0.2) is 24.0 Å². The number of hydrogen-bond acceptors (Lipinski definition) is 3. The average molecular weight is 290 g/mol. The Hall–Kier alpha value is -0.800. The van der Waals surface area contributed by atoms with Crippen molar-refractivity contribution in [1.29, 1.82) is 0 Å². The van der Waals surface area contributed by atoms with Crippen LogP contribution in [0.2, 0.25) is 0 Å². The molecule has 1 saturated carbocycles. The van der Waals surface area contributed by atoms with Gasteiger partial charge in [-0.1, -0.05) is 19.8 Å². The zero-order chi connectivity index (χ0) is 14.5. The van der Waals surface area contributed by atoms with E-state index in [4.69, 9.17) is 4.42 Å². The quantitative estimate of drug-likeness (QED) is 0.805. The van der Waals surface area contributed by atoms with Crippen molar-refractivity contribution in [2.45, 2.75) is 71.0 Å². The van der Waals surface area contributed by atoms with Crippen LogP contribution in [0.15, 0.2) is 16.7 Å². The molecule has 1 aliphatic carbocycles. The number of rotatable bonds is 6. The van der Waals surface area contributed by atoms with E-state index < -0.39 is 0 Å². The van der Waals surface area contributed by atoms with Crippen molar-refractivity contribution in [1.82, 2.24) is 10.2 Å². The monoisotopic (exact) mass is 290 g/mol. The van der Waals surface area contributed by atoms with E-state index in [9.17, 15) is 0 Å². The fourth-order valence-corrected chi connectivity index (χ4v) is 4.17.